The standard InChI is InChI=1S/C14H28N2O2Si/c1-19(2,3)18-14(17)16-11-7-13(8-12-16)15-9-5-4-6-10-15/h13H,4-12H2,1-3H3. The molecule has 0 aromatic carbocycles. The van der Waals surface area contributed by atoms with Crippen molar-refractivity contribution in [3.8, 4) is 0 Å². The molecular weight excluding hydrogens is 256 g/mol. The van der Waals surface area contributed by atoms with Crippen LogP contribution in [0.3, 0.4) is 0 Å². The van der Waals surface area contributed by atoms with Gasteiger partial charge in [0.1, 0.15) is 0 Å². The highest BCUT2D eigenvalue weighted by atomic mass is 28.4. The Morgan fingerprint density at radius 2 is 1.58 bits per heavy atom. The maximum atomic E-state index is 12.0. The van der Waals surface area contributed by atoms with Crippen LogP contribution in [-0.2, 0) is 4.43 Å². The van der Waals surface area contributed by atoms with Crippen molar-refractivity contribution in [3.05, 3.63) is 0 Å². The third-order valence-corrected chi connectivity index (χ3v) is 4.81. The van der Waals surface area contributed by atoms with E-state index in [4.69, 9.17) is 4.43 Å². The molecule has 2 heterocycles. The first kappa shape index (κ1) is 14.8. The second kappa shape index (κ2) is 6.26. The van der Waals surface area contributed by atoms with Crippen molar-refractivity contribution in [2.45, 2.75) is 57.8 Å². The second-order valence-corrected chi connectivity index (χ2v) is 11.2. The number of rotatable bonds is 2. The molecule has 19 heavy (non-hydrogen) atoms. The maximum Gasteiger partial charge on any atom is 0.396 e. The fraction of sp³-hybridized carbons (Fsp3) is 0.929. The van der Waals surface area contributed by atoms with E-state index < -0.39 is 8.32 Å². The zero-order valence-corrected chi connectivity index (χ0v) is 13.7. The third kappa shape index (κ3) is 4.49. The molecule has 0 bridgehead atoms. The van der Waals surface area contributed by atoms with Crippen molar-refractivity contribution >= 4 is 14.4 Å². The van der Waals surface area contributed by atoms with Crippen molar-refractivity contribution in [1.29, 1.82) is 0 Å². The van der Waals surface area contributed by atoms with Crippen LogP contribution >= 0.6 is 0 Å². The number of piperidine rings is 2. The Bertz CT molecular complexity index is 303. The number of amides is 1. The Morgan fingerprint density at radius 3 is 2.11 bits per heavy atom. The molecule has 2 fully saturated rings. The van der Waals surface area contributed by atoms with Gasteiger partial charge in [0.15, 0.2) is 0 Å². The second-order valence-electron chi connectivity index (χ2n) is 6.80. The molecule has 4 nitrogen and oxygen atoms in total. The van der Waals surface area contributed by atoms with Gasteiger partial charge in [-0.2, -0.15) is 0 Å². The Labute approximate surface area is 118 Å². The largest absolute Gasteiger partial charge is 0.504 e. The van der Waals surface area contributed by atoms with E-state index in [1.165, 1.54) is 32.4 Å². The summed E-state index contributed by atoms with van der Waals surface area (Å²) in [5.41, 5.74) is 0. The minimum absolute atomic E-state index is 0.0868. The van der Waals surface area contributed by atoms with Gasteiger partial charge >= 0.3 is 6.09 Å². The summed E-state index contributed by atoms with van der Waals surface area (Å²) in [5.74, 6) is 0. The molecular formula is C14H28N2O2Si. The lowest BCUT2D eigenvalue weighted by Crippen LogP contribution is -2.49. The molecule has 1 amide bonds. The number of hydrogen-bond acceptors (Lipinski definition) is 3. The highest BCUT2D eigenvalue weighted by molar-refractivity contribution is 6.71. The van der Waals surface area contributed by atoms with E-state index in [2.05, 4.69) is 24.5 Å². The first-order chi connectivity index (χ1) is 8.96. The molecule has 0 aromatic heterocycles. The third-order valence-electron chi connectivity index (χ3n) is 4.02. The van der Waals surface area contributed by atoms with Gasteiger partial charge in [0.2, 0.25) is 8.32 Å². The van der Waals surface area contributed by atoms with Gasteiger partial charge in [-0.05, 0) is 58.4 Å². The lowest BCUT2D eigenvalue weighted by Gasteiger charge is -2.40. The SMILES string of the molecule is C[Si](C)(C)OC(=O)N1CCC(N2CCCCC2)CC1. The normalized spacial score (nSPS) is 23.4. The predicted octanol–water partition coefficient (Wildman–Crippen LogP) is 2.91. The van der Waals surface area contributed by atoms with Gasteiger partial charge in [-0.3, -0.25) is 0 Å². The maximum absolute atomic E-state index is 12.0. The molecule has 0 unspecified atom stereocenters. The van der Waals surface area contributed by atoms with Gasteiger partial charge in [0.05, 0.1) is 0 Å². The van der Waals surface area contributed by atoms with E-state index in [1.54, 1.807) is 0 Å². The summed E-state index contributed by atoms with van der Waals surface area (Å²) in [4.78, 5) is 16.6. The molecule has 0 spiro atoms. The van der Waals surface area contributed by atoms with Crippen LogP contribution in [0.2, 0.25) is 19.6 Å². The zero-order chi connectivity index (χ0) is 13.9. The first-order valence-corrected chi connectivity index (χ1v) is 11.1. The van der Waals surface area contributed by atoms with E-state index in [1.807, 2.05) is 4.90 Å². The summed E-state index contributed by atoms with van der Waals surface area (Å²) in [5, 5.41) is 0. The topological polar surface area (TPSA) is 32.8 Å². The number of nitrogens with zero attached hydrogens (tertiary/aromatic N) is 2. The fourth-order valence-electron chi connectivity index (χ4n) is 3.02. The van der Waals surface area contributed by atoms with Crippen molar-refractivity contribution in [2.24, 2.45) is 0 Å². The van der Waals surface area contributed by atoms with E-state index in [0.717, 1.165) is 25.9 Å². The molecule has 0 saturated carbocycles. The van der Waals surface area contributed by atoms with Crippen molar-refractivity contribution in [2.75, 3.05) is 26.2 Å². The van der Waals surface area contributed by atoms with Crippen LogP contribution in [0, 0.1) is 0 Å². The molecule has 0 radical (unpaired) electrons. The highest BCUT2D eigenvalue weighted by Gasteiger charge is 2.30. The molecule has 0 aromatic rings. The average molecular weight is 284 g/mol. The van der Waals surface area contributed by atoms with Crippen LogP contribution in [-0.4, -0.2) is 56.4 Å². The molecule has 110 valence electrons. The van der Waals surface area contributed by atoms with Gasteiger partial charge in [-0.25, -0.2) is 4.79 Å². The van der Waals surface area contributed by atoms with Gasteiger partial charge in [0.25, 0.3) is 0 Å². The van der Waals surface area contributed by atoms with Crippen LogP contribution in [0.25, 0.3) is 0 Å². The van der Waals surface area contributed by atoms with Crippen LogP contribution in [0.1, 0.15) is 32.1 Å². The molecule has 0 N–H and O–H groups in total. The number of carbonyl (C=O) groups excluding carboxylic acids is 1. The van der Waals surface area contributed by atoms with Crippen LogP contribution < -0.4 is 0 Å². The molecule has 5 heteroatoms. The Morgan fingerprint density at radius 1 is 1.00 bits per heavy atom. The summed E-state index contributed by atoms with van der Waals surface area (Å²) in [7, 11) is -1.76. The van der Waals surface area contributed by atoms with E-state index in [-0.39, 0.29) is 6.09 Å². The summed E-state index contributed by atoms with van der Waals surface area (Å²) < 4.78 is 5.57. The monoisotopic (exact) mass is 284 g/mol. The molecule has 2 rings (SSSR count). The van der Waals surface area contributed by atoms with Crippen molar-refractivity contribution in [3.63, 3.8) is 0 Å². The number of likely N-dealkylation sites (tertiary alicyclic amines) is 2. The minimum Gasteiger partial charge on any atom is -0.504 e. The minimum atomic E-state index is -1.76. The van der Waals surface area contributed by atoms with Gasteiger partial charge < -0.3 is 14.2 Å². The summed E-state index contributed by atoms with van der Waals surface area (Å²) in [6, 6.07) is 0.691. The quantitative estimate of drug-likeness (QED) is 0.731. The molecule has 2 aliphatic heterocycles. The van der Waals surface area contributed by atoms with E-state index in [9.17, 15) is 4.79 Å². The smallest absolute Gasteiger partial charge is 0.396 e. The molecule has 2 saturated heterocycles. The fourth-order valence-corrected chi connectivity index (χ4v) is 3.68. The van der Waals surface area contributed by atoms with Gasteiger partial charge in [0, 0.05) is 19.1 Å². The molecule has 2 aliphatic rings. The van der Waals surface area contributed by atoms with Crippen molar-refractivity contribution < 1.29 is 9.22 Å². The summed E-state index contributed by atoms with van der Waals surface area (Å²) in [6.45, 7) is 10.4. The zero-order valence-electron chi connectivity index (χ0n) is 12.7. The lowest BCUT2D eigenvalue weighted by atomic mass is 10.0. The summed E-state index contributed by atoms with van der Waals surface area (Å²) >= 11 is 0. The first-order valence-electron chi connectivity index (χ1n) is 7.68. The van der Waals surface area contributed by atoms with E-state index >= 15 is 0 Å². The Kier molecular flexibility index (Phi) is 4.90. The average Bonchev–Trinajstić information content (AvgIpc) is 2.38. The van der Waals surface area contributed by atoms with E-state index in [0.29, 0.717) is 6.04 Å². The predicted molar refractivity (Wildman–Crippen MR) is 79.8 cm³/mol. The molecule has 0 aliphatic carbocycles. The Balaban J connectivity index is 1.77. The highest BCUT2D eigenvalue weighted by Crippen LogP contribution is 2.21. The van der Waals surface area contributed by atoms with Crippen LogP contribution in [0.4, 0.5) is 4.79 Å². The number of hydrogen-bond donors (Lipinski definition) is 0. The van der Waals surface area contributed by atoms with Gasteiger partial charge in [-0.1, -0.05) is 6.42 Å². The lowest BCUT2D eigenvalue weighted by molar-refractivity contribution is 0.0870. The van der Waals surface area contributed by atoms with Gasteiger partial charge in [-0.15, -0.1) is 0 Å². The molecule has 0 atom stereocenters. The van der Waals surface area contributed by atoms with Crippen molar-refractivity contribution in [1.82, 2.24) is 9.80 Å². The summed E-state index contributed by atoms with van der Waals surface area (Å²) in [6.07, 6.45) is 6.21. The van der Waals surface area contributed by atoms with Crippen LogP contribution in [0.15, 0.2) is 0 Å². The number of carbonyl (C=O) groups is 1. The Hall–Kier alpha value is -0.553. The van der Waals surface area contributed by atoms with Crippen LogP contribution in [0.5, 0.6) is 0 Å².